The smallest absolute Gasteiger partial charge is 0.407 e. The molecule has 0 spiro atoms. The van der Waals surface area contributed by atoms with Crippen LogP contribution in [0, 0.1) is 0 Å². The molecule has 0 aromatic carbocycles. The summed E-state index contributed by atoms with van der Waals surface area (Å²) in [6.45, 7) is 13.0. The van der Waals surface area contributed by atoms with Crippen molar-refractivity contribution in [3.63, 3.8) is 0 Å². The van der Waals surface area contributed by atoms with Crippen molar-refractivity contribution in [2.24, 2.45) is 0 Å². The normalized spacial score (nSPS) is 23.6. The van der Waals surface area contributed by atoms with E-state index < -0.39 is 277 Å². The number of aromatic nitrogens is 9. The van der Waals surface area contributed by atoms with Gasteiger partial charge in [0.1, 0.15) is 60.8 Å². The van der Waals surface area contributed by atoms with Crippen LogP contribution in [0.3, 0.4) is 0 Å². The minimum absolute atomic E-state index is 0.00317. The highest BCUT2D eigenvalue weighted by Crippen LogP contribution is 2.34. The Bertz CT molecular complexity index is 3990. The molecule has 0 saturated carbocycles. The largest absolute Gasteiger partial charge is 0.469 e. The summed E-state index contributed by atoms with van der Waals surface area (Å²) < 4.78 is 115. The number of carbonyl (C=O) groups excluding carboxylic acids is 16. The molecule has 48 nitrogen and oxygen atoms in total. The zero-order chi connectivity index (χ0) is 86.7. The molecule has 3 aliphatic rings. The van der Waals surface area contributed by atoms with Crippen molar-refractivity contribution in [3.05, 3.63) is 35.7 Å². The van der Waals surface area contributed by atoms with Crippen molar-refractivity contribution in [1.29, 1.82) is 0 Å². The van der Waals surface area contributed by atoms with Crippen LogP contribution < -0.4 is 16.0 Å². The number of hydrogen-bond acceptors (Lipinski definition) is 42. The SMILES string of the molecule is COC(=O)C[C@@H](Cn1cc(CO[C@H]2O[C@H](COC(C)=O)[C@@H](OC(C)=O)[C@H](OC(C)=O)[C@@H]2OC(C)=O)nn1)NC(=O)C[C@@H](Cn1cc(CO[C@H]2O[C@H](COC(C)=O)[C@@H](OC(C)=O)[C@H](OC(C)=O)[C@@H]2OC(C)=O)nn1)NC(=O)C[C@@H](Cn1cc(CO[C@H]2O[C@H](COC(C)=O)[C@@H](OC(C)=O)[C@H](OC(C)=O)[C@@H]2OC(C)=O)nn1)NC(=O)OC(C)(C)C. The van der Waals surface area contributed by atoms with Gasteiger partial charge in [-0.2, -0.15) is 0 Å². The predicted octanol–water partition coefficient (Wildman–Crippen LogP) is -2.13. The zero-order valence-corrected chi connectivity index (χ0v) is 66.8. The summed E-state index contributed by atoms with van der Waals surface area (Å²) in [5.74, 6) is -12.9. The van der Waals surface area contributed by atoms with Gasteiger partial charge in [-0.1, -0.05) is 15.6 Å². The third-order valence-corrected chi connectivity index (χ3v) is 16.0. The topological polar surface area (TPSA) is 586 Å². The highest BCUT2D eigenvalue weighted by molar-refractivity contribution is 5.81. The monoisotopic (exact) mass is 1670 g/mol. The predicted molar refractivity (Wildman–Crippen MR) is 373 cm³/mol. The third-order valence-electron chi connectivity index (χ3n) is 16.0. The number of nitrogens with zero attached hydrogens (tertiary/aromatic N) is 9. The van der Waals surface area contributed by atoms with E-state index in [2.05, 4.69) is 46.9 Å². The van der Waals surface area contributed by atoms with Gasteiger partial charge in [-0.3, -0.25) is 86.0 Å². The number of carbonyl (C=O) groups is 16. The molecule has 48 heteroatoms. The average molecular weight is 1670 g/mol. The van der Waals surface area contributed by atoms with E-state index in [1.165, 1.54) is 32.6 Å². The first-order valence-electron chi connectivity index (χ1n) is 36.1. The van der Waals surface area contributed by atoms with E-state index in [0.717, 1.165) is 90.2 Å². The van der Waals surface area contributed by atoms with Crippen LogP contribution in [0.25, 0.3) is 0 Å². The molecule has 648 valence electrons. The Balaban J connectivity index is 1.30. The number of rotatable bonds is 39. The minimum atomic E-state index is -1.67. The van der Waals surface area contributed by atoms with E-state index in [1.54, 1.807) is 20.8 Å². The molecule has 3 N–H and O–H groups in total. The Kier molecular flexibility index (Phi) is 35.9. The maximum atomic E-state index is 14.7. The summed E-state index contributed by atoms with van der Waals surface area (Å²) in [5, 5.41) is 33.0. The summed E-state index contributed by atoms with van der Waals surface area (Å²) in [6, 6.07) is -3.74. The molecule has 0 unspecified atom stereocenters. The fraction of sp³-hybridized carbons (Fsp3) is 0.681. The first-order chi connectivity index (χ1) is 55.0. The number of amides is 3. The van der Waals surface area contributed by atoms with Gasteiger partial charge in [0, 0.05) is 95.9 Å². The third kappa shape index (κ3) is 32.3. The molecule has 3 aliphatic heterocycles. The van der Waals surface area contributed by atoms with E-state index in [4.69, 9.17) is 94.7 Å². The number of nitrogens with one attached hydrogen (secondary N) is 3. The average Bonchev–Trinajstić information content (AvgIpc) is 1.32. The van der Waals surface area contributed by atoms with Crippen LogP contribution in [0.4, 0.5) is 4.79 Å². The molecule has 3 aromatic rings. The van der Waals surface area contributed by atoms with Crippen LogP contribution in [0.5, 0.6) is 0 Å². The lowest BCUT2D eigenvalue weighted by atomic mass is 9.98. The molecule has 0 aliphatic carbocycles. The first-order valence-corrected chi connectivity index (χ1v) is 36.1. The molecule has 0 bridgehead atoms. The molecule has 18 atom stereocenters. The molecule has 3 aromatic heterocycles. The number of hydrogen-bond donors (Lipinski definition) is 3. The lowest BCUT2D eigenvalue weighted by Gasteiger charge is -2.43. The summed E-state index contributed by atoms with van der Waals surface area (Å²) in [4.78, 5) is 204. The Labute approximate surface area is 666 Å². The molecular weight excluding hydrogens is 1570 g/mol. The number of esters is 13. The summed E-state index contributed by atoms with van der Waals surface area (Å²) >= 11 is 0. The maximum absolute atomic E-state index is 14.7. The van der Waals surface area contributed by atoms with Crippen molar-refractivity contribution in [3.8, 4) is 0 Å². The standard InChI is InChI=1S/C69H96N12O36/c1-32(82)99-29-50-56(105-35(4)85)59(108-38(7)88)62(111-41(10)91)65(114-50)102-26-47-23-79(76-73-47)20-44(17-53(94)71-46(19-55(96)98-16)22-81-25-49(75-78-81)28-104-67-64(113-43(12)93)61(110-40(9)90)58(107-37(6)87)52(116-67)31-101-34(3)84)70-54(95)18-45(72-68(97)117-69(13,14)15)21-80-24-48(74-77-80)27-103-66-63(112-42(11)92)60(109-39(8)89)57(106-36(5)86)51(115-66)30-100-33(2)83/h23-25,44-46,50-52,56-67H,17-22,26-31H2,1-16H3,(H,70,95)(H,71,94)(H,72,97)/t44-,45-,46-,50+,51+,52+,56+,57+,58+,59-,60-,61-,62-,63-,64-,65-,66-,67-/m0/s1. The van der Waals surface area contributed by atoms with Gasteiger partial charge in [0.05, 0.1) is 89.7 Å². The van der Waals surface area contributed by atoms with Gasteiger partial charge >= 0.3 is 83.7 Å². The van der Waals surface area contributed by atoms with E-state index in [9.17, 15) is 76.7 Å². The summed E-state index contributed by atoms with van der Waals surface area (Å²) in [5.41, 5.74) is -0.992. The first kappa shape index (κ1) is 94.4. The van der Waals surface area contributed by atoms with Crippen LogP contribution >= 0.6 is 0 Å². The van der Waals surface area contributed by atoms with Crippen LogP contribution in [0.1, 0.15) is 140 Å². The van der Waals surface area contributed by atoms with Crippen molar-refractivity contribution in [2.45, 2.75) is 278 Å². The van der Waals surface area contributed by atoms with Crippen LogP contribution in [-0.4, -0.2) is 283 Å². The molecule has 3 saturated heterocycles. The zero-order valence-electron chi connectivity index (χ0n) is 66.8. The summed E-state index contributed by atoms with van der Waals surface area (Å²) in [7, 11) is 1.09. The lowest BCUT2D eigenvalue weighted by Crippen LogP contribution is -2.62. The fourth-order valence-corrected chi connectivity index (χ4v) is 11.9. The molecule has 0 radical (unpaired) electrons. The van der Waals surface area contributed by atoms with E-state index in [0.29, 0.717) is 0 Å². The van der Waals surface area contributed by atoms with E-state index >= 15 is 0 Å². The van der Waals surface area contributed by atoms with E-state index in [1.807, 2.05) is 0 Å². The molecule has 117 heavy (non-hydrogen) atoms. The second-order valence-corrected chi connectivity index (χ2v) is 27.5. The fourth-order valence-electron chi connectivity index (χ4n) is 11.9. The van der Waals surface area contributed by atoms with E-state index in [-0.39, 0.29) is 30.2 Å². The van der Waals surface area contributed by atoms with Gasteiger partial charge in [0.25, 0.3) is 0 Å². The van der Waals surface area contributed by atoms with Crippen molar-refractivity contribution >= 4 is 95.5 Å². The molecular formula is C69H96N12O36. The second kappa shape index (κ2) is 44.6. The number of ether oxygens (including phenoxy) is 20. The highest BCUT2D eigenvalue weighted by Gasteiger charge is 2.56. The Morgan fingerprint density at radius 2 is 0.624 bits per heavy atom. The van der Waals surface area contributed by atoms with Crippen molar-refractivity contribution in [1.82, 2.24) is 60.9 Å². The Hall–Kier alpha value is -11.5. The van der Waals surface area contributed by atoms with Gasteiger partial charge in [-0.15, -0.1) is 15.3 Å². The maximum Gasteiger partial charge on any atom is 0.407 e. The Morgan fingerprint density at radius 3 is 0.880 bits per heavy atom. The molecule has 6 heterocycles. The van der Waals surface area contributed by atoms with Crippen molar-refractivity contribution < 1.29 is 171 Å². The lowest BCUT2D eigenvalue weighted by molar-refractivity contribution is -0.310. The van der Waals surface area contributed by atoms with Crippen LogP contribution in [0.15, 0.2) is 18.6 Å². The van der Waals surface area contributed by atoms with Crippen LogP contribution in [-0.2, 0) is 206 Å². The number of methoxy groups -OCH3 is 1. The Morgan fingerprint density at radius 1 is 0.368 bits per heavy atom. The quantitative estimate of drug-likeness (QED) is 0.0405. The molecule has 6 rings (SSSR count). The molecule has 3 fully saturated rings. The minimum Gasteiger partial charge on any atom is -0.469 e. The van der Waals surface area contributed by atoms with Crippen LogP contribution in [0.2, 0.25) is 0 Å². The second-order valence-electron chi connectivity index (χ2n) is 27.5. The van der Waals surface area contributed by atoms with Gasteiger partial charge in [0.2, 0.25) is 11.8 Å². The summed E-state index contributed by atoms with van der Waals surface area (Å²) in [6.07, 6.45) is -22.0. The van der Waals surface area contributed by atoms with Gasteiger partial charge in [0.15, 0.2) is 73.8 Å². The van der Waals surface area contributed by atoms with Crippen molar-refractivity contribution in [2.75, 3.05) is 26.9 Å². The number of alkyl carbamates (subject to hydrolysis) is 1. The van der Waals surface area contributed by atoms with Gasteiger partial charge < -0.3 is 111 Å². The van der Waals surface area contributed by atoms with Gasteiger partial charge in [-0.25, -0.2) is 4.79 Å². The molecule has 3 amide bonds. The highest BCUT2D eigenvalue weighted by atomic mass is 16.8. The van der Waals surface area contributed by atoms with Gasteiger partial charge in [-0.05, 0) is 20.8 Å².